The first-order valence-corrected chi connectivity index (χ1v) is 7.24. The highest BCUT2D eigenvalue weighted by Gasteiger charge is 2.23. The van der Waals surface area contributed by atoms with Gasteiger partial charge in [0.15, 0.2) is 0 Å². The lowest BCUT2D eigenvalue weighted by atomic mass is 10.0. The molecule has 0 radical (unpaired) electrons. The molecule has 0 bridgehead atoms. The maximum atomic E-state index is 12.1. The number of nitrogens with zero attached hydrogens (tertiary/aromatic N) is 1. The van der Waals surface area contributed by atoms with Crippen molar-refractivity contribution in [2.24, 2.45) is 0 Å². The average molecular weight is 265 g/mol. The topological polar surface area (TPSA) is 12.5 Å². The van der Waals surface area contributed by atoms with Crippen LogP contribution < -0.4 is 4.74 Å². The van der Waals surface area contributed by atoms with Crippen molar-refractivity contribution in [2.45, 2.75) is 38.7 Å². The number of alkyl halides is 1. The molecule has 2 nitrogen and oxygen atoms in total. The van der Waals surface area contributed by atoms with Gasteiger partial charge in [0.1, 0.15) is 11.9 Å². The molecule has 0 aromatic heterocycles. The van der Waals surface area contributed by atoms with Crippen LogP contribution in [0.3, 0.4) is 0 Å². The fourth-order valence-corrected chi connectivity index (χ4v) is 2.50. The van der Waals surface area contributed by atoms with Crippen LogP contribution in [0.2, 0.25) is 0 Å². The number of halogens is 1. The van der Waals surface area contributed by atoms with Gasteiger partial charge < -0.3 is 4.74 Å². The Morgan fingerprint density at radius 2 is 2.05 bits per heavy atom. The third kappa shape index (κ3) is 4.20. The minimum absolute atomic E-state index is 0.224. The molecule has 3 heteroatoms. The number of rotatable bonds is 6. The van der Waals surface area contributed by atoms with E-state index in [1.807, 2.05) is 0 Å². The summed E-state index contributed by atoms with van der Waals surface area (Å²) in [6.45, 7) is 6.95. The summed E-state index contributed by atoms with van der Waals surface area (Å²) in [5.74, 6) is 1.50. The van der Waals surface area contributed by atoms with Gasteiger partial charge in [-0.2, -0.15) is 0 Å². The molecule has 0 unspecified atom stereocenters. The predicted octanol–water partition coefficient (Wildman–Crippen LogP) is 3.62. The second-order valence-electron chi connectivity index (χ2n) is 5.60. The molecule has 0 saturated carbocycles. The van der Waals surface area contributed by atoms with Gasteiger partial charge in [-0.1, -0.05) is 26.0 Å². The van der Waals surface area contributed by atoms with E-state index in [-0.39, 0.29) is 12.8 Å². The van der Waals surface area contributed by atoms with Gasteiger partial charge in [-0.15, -0.1) is 0 Å². The van der Waals surface area contributed by atoms with E-state index in [0.29, 0.717) is 12.3 Å². The fraction of sp³-hybridized carbons (Fsp3) is 0.625. The van der Waals surface area contributed by atoms with Crippen molar-refractivity contribution in [1.82, 2.24) is 4.90 Å². The van der Waals surface area contributed by atoms with Crippen molar-refractivity contribution < 1.29 is 9.13 Å². The number of hydrogen-bond donors (Lipinski definition) is 0. The molecule has 1 aromatic carbocycles. The maximum absolute atomic E-state index is 12.1. The summed E-state index contributed by atoms with van der Waals surface area (Å²) in [5.41, 5.74) is 1.34. The molecule has 0 N–H and O–H groups in total. The zero-order valence-electron chi connectivity index (χ0n) is 11.9. The Bertz CT molecular complexity index is 377. The van der Waals surface area contributed by atoms with Crippen LogP contribution in [0.4, 0.5) is 4.39 Å². The summed E-state index contributed by atoms with van der Waals surface area (Å²) in [4.78, 5) is 2.28. The van der Waals surface area contributed by atoms with Gasteiger partial charge in [0.25, 0.3) is 0 Å². The molecule has 1 fully saturated rings. The highest BCUT2D eigenvalue weighted by atomic mass is 19.1. The molecule has 0 aliphatic carbocycles. The van der Waals surface area contributed by atoms with E-state index in [9.17, 15) is 4.39 Å². The van der Waals surface area contributed by atoms with E-state index in [1.165, 1.54) is 5.56 Å². The van der Waals surface area contributed by atoms with Crippen LogP contribution in [-0.4, -0.2) is 37.3 Å². The molecule has 0 amide bonds. The van der Waals surface area contributed by atoms with E-state index < -0.39 is 0 Å². The van der Waals surface area contributed by atoms with Gasteiger partial charge in [0, 0.05) is 19.6 Å². The van der Waals surface area contributed by atoms with Crippen LogP contribution in [-0.2, 0) is 0 Å². The number of hydrogen-bond acceptors (Lipinski definition) is 2. The van der Waals surface area contributed by atoms with Gasteiger partial charge in [-0.05, 0) is 36.5 Å². The van der Waals surface area contributed by atoms with Gasteiger partial charge in [-0.3, -0.25) is 9.29 Å². The Hall–Kier alpha value is -1.09. The second-order valence-corrected chi connectivity index (χ2v) is 5.60. The molecule has 19 heavy (non-hydrogen) atoms. The molecule has 1 saturated heterocycles. The van der Waals surface area contributed by atoms with Gasteiger partial charge in [0.2, 0.25) is 0 Å². The Kier molecular flexibility index (Phi) is 5.20. The van der Waals surface area contributed by atoms with Crippen molar-refractivity contribution in [2.75, 3.05) is 26.3 Å². The van der Waals surface area contributed by atoms with Crippen LogP contribution in [0.5, 0.6) is 5.75 Å². The zero-order valence-corrected chi connectivity index (χ0v) is 11.9. The highest BCUT2D eigenvalue weighted by Crippen LogP contribution is 2.22. The first kappa shape index (κ1) is 14.3. The first-order valence-electron chi connectivity index (χ1n) is 7.24. The lowest BCUT2D eigenvalue weighted by Gasteiger charge is -2.16. The monoisotopic (exact) mass is 265 g/mol. The molecule has 2 rings (SSSR count). The van der Waals surface area contributed by atoms with Gasteiger partial charge >= 0.3 is 0 Å². The molecule has 1 aromatic rings. The minimum atomic E-state index is -0.224. The molecule has 1 atom stereocenters. The Balaban J connectivity index is 1.82. The lowest BCUT2D eigenvalue weighted by Crippen LogP contribution is -2.26. The van der Waals surface area contributed by atoms with Crippen LogP contribution in [0.1, 0.15) is 38.2 Å². The number of ether oxygens (including phenoxy) is 1. The van der Waals surface area contributed by atoms with Crippen LogP contribution >= 0.6 is 0 Å². The Morgan fingerprint density at radius 1 is 1.32 bits per heavy atom. The Morgan fingerprint density at radius 3 is 2.68 bits per heavy atom. The summed E-state index contributed by atoms with van der Waals surface area (Å²) in [5, 5.41) is 0. The predicted molar refractivity (Wildman–Crippen MR) is 76.6 cm³/mol. The SMILES string of the molecule is CC(C)c1ccc(O[C@H]2CCN(CCCF)C2)cc1. The van der Waals surface area contributed by atoms with Crippen molar-refractivity contribution in [3.05, 3.63) is 29.8 Å². The summed E-state index contributed by atoms with van der Waals surface area (Å²) in [7, 11) is 0. The lowest BCUT2D eigenvalue weighted by molar-refractivity contribution is 0.198. The Labute approximate surface area is 115 Å². The van der Waals surface area contributed by atoms with E-state index >= 15 is 0 Å². The minimum Gasteiger partial charge on any atom is -0.489 e. The molecule has 106 valence electrons. The highest BCUT2D eigenvalue weighted by molar-refractivity contribution is 5.29. The molecule has 1 aliphatic rings. The summed E-state index contributed by atoms with van der Waals surface area (Å²) < 4.78 is 18.1. The summed E-state index contributed by atoms with van der Waals surface area (Å²) >= 11 is 0. The third-order valence-electron chi connectivity index (χ3n) is 3.69. The first-order chi connectivity index (χ1) is 9.19. The summed E-state index contributed by atoms with van der Waals surface area (Å²) in [6, 6.07) is 8.38. The maximum Gasteiger partial charge on any atom is 0.119 e. The molecular formula is C16H24FNO. The normalized spacial score (nSPS) is 20.1. The smallest absolute Gasteiger partial charge is 0.119 e. The fourth-order valence-electron chi connectivity index (χ4n) is 2.50. The van der Waals surface area contributed by atoms with Gasteiger partial charge in [0.05, 0.1) is 6.67 Å². The zero-order chi connectivity index (χ0) is 13.7. The largest absolute Gasteiger partial charge is 0.489 e. The van der Waals surface area contributed by atoms with Crippen molar-refractivity contribution in [1.29, 1.82) is 0 Å². The third-order valence-corrected chi connectivity index (χ3v) is 3.69. The van der Waals surface area contributed by atoms with Crippen molar-refractivity contribution in [3.63, 3.8) is 0 Å². The quantitative estimate of drug-likeness (QED) is 0.779. The van der Waals surface area contributed by atoms with Crippen LogP contribution in [0, 0.1) is 0 Å². The van der Waals surface area contributed by atoms with E-state index in [0.717, 1.165) is 31.8 Å². The van der Waals surface area contributed by atoms with Crippen LogP contribution in [0.15, 0.2) is 24.3 Å². The van der Waals surface area contributed by atoms with E-state index in [2.05, 4.69) is 43.0 Å². The standard InChI is InChI=1S/C16H24FNO/c1-13(2)14-4-6-15(7-5-14)19-16-8-11-18(12-16)10-3-9-17/h4-7,13,16H,3,8-12H2,1-2H3/t16-/m0/s1. The van der Waals surface area contributed by atoms with Crippen LogP contribution in [0.25, 0.3) is 0 Å². The molecule has 1 heterocycles. The van der Waals surface area contributed by atoms with E-state index in [4.69, 9.17) is 4.74 Å². The molecular weight excluding hydrogens is 241 g/mol. The molecule has 1 aliphatic heterocycles. The van der Waals surface area contributed by atoms with Gasteiger partial charge in [-0.25, -0.2) is 0 Å². The number of likely N-dealkylation sites (tertiary alicyclic amines) is 1. The summed E-state index contributed by atoms with van der Waals surface area (Å²) in [6.07, 6.45) is 1.93. The van der Waals surface area contributed by atoms with E-state index in [1.54, 1.807) is 0 Å². The second kappa shape index (κ2) is 6.90. The van der Waals surface area contributed by atoms with Crippen molar-refractivity contribution in [3.8, 4) is 5.75 Å². The number of benzene rings is 1. The van der Waals surface area contributed by atoms with Crippen molar-refractivity contribution >= 4 is 0 Å². The average Bonchev–Trinajstić information content (AvgIpc) is 2.84. The molecule has 0 spiro atoms.